The molecule has 0 N–H and O–H groups in total. The first kappa shape index (κ1) is 22.9. The van der Waals surface area contributed by atoms with Crippen molar-refractivity contribution >= 4 is 11.3 Å². The third-order valence-electron chi connectivity index (χ3n) is 4.54. The fourth-order valence-corrected chi connectivity index (χ4v) is 3.57. The number of hydrogen-bond donors (Lipinski definition) is 0. The summed E-state index contributed by atoms with van der Waals surface area (Å²) in [6.07, 6.45) is 4.00. The second-order valence-corrected chi connectivity index (χ2v) is 9.16. The van der Waals surface area contributed by atoms with Crippen molar-refractivity contribution in [1.29, 1.82) is 0 Å². The molecule has 1 aromatic carbocycles. The van der Waals surface area contributed by atoms with E-state index in [4.69, 9.17) is 9.26 Å². The van der Waals surface area contributed by atoms with Gasteiger partial charge in [0.15, 0.2) is 5.76 Å². The Kier molecular flexibility index (Phi) is 8.11. The summed E-state index contributed by atoms with van der Waals surface area (Å²) in [5.41, 5.74) is 3.55. The number of likely N-dealkylation sites (N-methyl/N-ethyl adjacent to an activating group) is 1. The molecule has 0 unspecified atom stereocenters. The topological polar surface area (TPSA) is 38.5 Å². The fraction of sp³-hybridized carbons (Fsp3) is 0.346. The van der Waals surface area contributed by atoms with Crippen LogP contribution in [0, 0.1) is 17.3 Å². The van der Waals surface area contributed by atoms with Gasteiger partial charge in [0.05, 0.1) is 6.54 Å². The van der Waals surface area contributed by atoms with E-state index in [0.717, 1.165) is 24.4 Å². The van der Waals surface area contributed by atoms with Gasteiger partial charge in [0.2, 0.25) is 0 Å². The molecule has 3 aromatic rings. The van der Waals surface area contributed by atoms with Crippen LogP contribution < -0.4 is 4.74 Å². The van der Waals surface area contributed by atoms with Crippen molar-refractivity contribution in [1.82, 2.24) is 10.1 Å². The van der Waals surface area contributed by atoms with Crippen LogP contribution in [0.4, 0.5) is 0 Å². The van der Waals surface area contributed by atoms with Crippen molar-refractivity contribution in [2.45, 2.75) is 40.8 Å². The van der Waals surface area contributed by atoms with Gasteiger partial charge in [-0.05, 0) is 78.1 Å². The number of benzene rings is 1. The van der Waals surface area contributed by atoms with Gasteiger partial charge in [-0.1, -0.05) is 43.0 Å². The summed E-state index contributed by atoms with van der Waals surface area (Å²) in [6.45, 7) is 11.3. The Hall–Kier alpha value is -2.81. The quantitative estimate of drug-likeness (QED) is 0.365. The molecule has 0 radical (unpaired) electrons. The van der Waals surface area contributed by atoms with Crippen LogP contribution in [0.2, 0.25) is 0 Å². The van der Waals surface area contributed by atoms with E-state index in [0.29, 0.717) is 19.0 Å². The number of nitrogens with zero attached hydrogens (tertiary/aromatic N) is 2. The molecule has 0 spiro atoms. The number of ether oxygens (including phenoxy) is 1. The molecule has 3 rings (SSSR count). The van der Waals surface area contributed by atoms with Crippen molar-refractivity contribution in [3.63, 3.8) is 0 Å². The fourth-order valence-electron chi connectivity index (χ4n) is 2.91. The number of rotatable bonds is 9. The standard InChI is InChI=1S/C26H30N2O2S/c1-5-28(14-8-6-7-13-26(2,3)4)18-24-17-25(27-30-24)29-19-21-10-9-11-22(16-21)23-12-15-31-20-23/h6,8-12,15-17,20H,5,14,18-19H2,1-4H3/b8-6+. The highest BCUT2D eigenvalue weighted by atomic mass is 32.1. The van der Waals surface area contributed by atoms with Crippen LogP contribution >= 0.6 is 11.3 Å². The predicted octanol–water partition coefficient (Wildman–Crippen LogP) is 6.41. The highest BCUT2D eigenvalue weighted by molar-refractivity contribution is 7.08. The largest absolute Gasteiger partial charge is 0.471 e. The van der Waals surface area contributed by atoms with E-state index in [1.54, 1.807) is 11.3 Å². The molecule has 0 amide bonds. The predicted molar refractivity (Wildman–Crippen MR) is 128 cm³/mol. The monoisotopic (exact) mass is 434 g/mol. The molecule has 5 heteroatoms. The van der Waals surface area contributed by atoms with Crippen molar-refractivity contribution in [2.24, 2.45) is 5.41 Å². The number of thiophene rings is 1. The Morgan fingerprint density at radius 3 is 2.81 bits per heavy atom. The molecule has 162 valence electrons. The summed E-state index contributed by atoms with van der Waals surface area (Å²) in [4.78, 5) is 2.25. The Morgan fingerprint density at radius 1 is 1.19 bits per heavy atom. The van der Waals surface area contributed by atoms with Gasteiger partial charge < -0.3 is 9.26 Å². The minimum absolute atomic E-state index is 0.0240. The van der Waals surface area contributed by atoms with Crippen LogP contribution in [0.25, 0.3) is 11.1 Å². The van der Waals surface area contributed by atoms with Crippen molar-refractivity contribution in [3.8, 4) is 28.8 Å². The molecule has 4 nitrogen and oxygen atoms in total. The second kappa shape index (κ2) is 11.0. The summed E-state index contributed by atoms with van der Waals surface area (Å²) in [6, 6.07) is 12.4. The second-order valence-electron chi connectivity index (χ2n) is 8.38. The maximum atomic E-state index is 5.85. The van der Waals surface area contributed by atoms with E-state index in [1.807, 2.05) is 12.1 Å². The minimum atomic E-state index is 0.0240. The summed E-state index contributed by atoms with van der Waals surface area (Å²) >= 11 is 1.70. The third-order valence-corrected chi connectivity index (χ3v) is 5.23. The zero-order valence-corrected chi connectivity index (χ0v) is 19.5. The summed E-state index contributed by atoms with van der Waals surface area (Å²) in [5, 5.41) is 8.30. The van der Waals surface area contributed by atoms with E-state index in [-0.39, 0.29) is 5.41 Å². The van der Waals surface area contributed by atoms with Gasteiger partial charge in [0.1, 0.15) is 6.61 Å². The normalized spacial score (nSPS) is 11.6. The molecule has 2 heterocycles. The van der Waals surface area contributed by atoms with E-state index in [2.05, 4.69) is 96.8 Å². The zero-order chi connectivity index (χ0) is 22.1. The number of hydrogen-bond acceptors (Lipinski definition) is 5. The highest BCUT2D eigenvalue weighted by Gasteiger charge is 2.10. The van der Waals surface area contributed by atoms with Crippen LogP contribution in [0.3, 0.4) is 0 Å². The van der Waals surface area contributed by atoms with Crippen LogP contribution in [0.1, 0.15) is 39.0 Å². The molecule has 2 aromatic heterocycles. The zero-order valence-electron chi connectivity index (χ0n) is 18.7. The maximum absolute atomic E-state index is 5.85. The summed E-state index contributed by atoms with van der Waals surface area (Å²) < 4.78 is 11.3. The van der Waals surface area contributed by atoms with Crippen molar-refractivity contribution in [3.05, 3.63) is 70.6 Å². The maximum Gasteiger partial charge on any atom is 0.254 e. The Bertz CT molecular complexity index is 1030. The molecule has 0 saturated heterocycles. The molecule has 0 atom stereocenters. The smallest absolute Gasteiger partial charge is 0.254 e. The lowest BCUT2D eigenvalue weighted by atomic mass is 9.98. The van der Waals surface area contributed by atoms with Crippen LogP contribution in [-0.2, 0) is 13.2 Å². The molecular weight excluding hydrogens is 404 g/mol. The van der Waals surface area contributed by atoms with E-state index < -0.39 is 0 Å². The Labute approximate surface area is 189 Å². The van der Waals surface area contributed by atoms with E-state index in [9.17, 15) is 0 Å². The van der Waals surface area contributed by atoms with Gasteiger partial charge >= 0.3 is 0 Å². The van der Waals surface area contributed by atoms with Gasteiger partial charge in [-0.25, -0.2) is 0 Å². The first-order chi connectivity index (χ1) is 14.9. The lowest BCUT2D eigenvalue weighted by Gasteiger charge is -2.15. The molecule has 0 aliphatic heterocycles. The number of allylic oxidation sites excluding steroid dienone is 1. The summed E-state index contributed by atoms with van der Waals surface area (Å²) in [7, 11) is 0. The Balaban J connectivity index is 1.51. The molecule has 31 heavy (non-hydrogen) atoms. The van der Waals surface area contributed by atoms with Crippen molar-refractivity contribution in [2.75, 3.05) is 13.1 Å². The lowest BCUT2D eigenvalue weighted by Crippen LogP contribution is -2.22. The van der Waals surface area contributed by atoms with E-state index in [1.165, 1.54) is 11.1 Å². The highest BCUT2D eigenvalue weighted by Crippen LogP contribution is 2.23. The average molecular weight is 435 g/mol. The molecule has 0 fully saturated rings. The SMILES string of the molecule is CCN(C/C=C/C#CC(C)(C)C)Cc1cc(OCc2cccc(-c3ccsc3)c2)no1. The van der Waals surface area contributed by atoms with Gasteiger partial charge in [0, 0.05) is 18.0 Å². The number of aromatic nitrogens is 1. The van der Waals surface area contributed by atoms with Crippen LogP contribution in [0.5, 0.6) is 5.88 Å². The molecule has 0 aliphatic carbocycles. The molecule has 0 bridgehead atoms. The Morgan fingerprint density at radius 2 is 2.06 bits per heavy atom. The van der Waals surface area contributed by atoms with Crippen molar-refractivity contribution < 1.29 is 9.26 Å². The van der Waals surface area contributed by atoms with Gasteiger partial charge in [-0.15, -0.1) is 0 Å². The summed E-state index contributed by atoms with van der Waals surface area (Å²) in [5.74, 6) is 7.61. The first-order valence-corrected chi connectivity index (χ1v) is 11.5. The lowest BCUT2D eigenvalue weighted by molar-refractivity contribution is 0.244. The van der Waals surface area contributed by atoms with Gasteiger partial charge in [-0.3, -0.25) is 4.90 Å². The molecule has 0 saturated carbocycles. The van der Waals surface area contributed by atoms with E-state index >= 15 is 0 Å². The van der Waals surface area contributed by atoms with Gasteiger partial charge in [0.25, 0.3) is 5.88 Å². The minimum Gasteiger partial charge on any atom is -0.471 e. The first-order valence-electron chi connectivity index (χ1n) is 10.5. The van der Waals surface area contributed by atoms with Crippen LogP contribution in [-0.4, -0.2) is 23.1 Å². The average Bonchev–Trinajstić information content (AvgIpc) is 3.43. The van der Waals surface area contributed by atoms with Crippen LogP contribution in [0.15, 0.2) is 63.8 Å². The molecule has 0 aliphatic rings. The van der Waals surface area contributed by atoms with Gasteiger partial charge in [-0.2, -0.15) is 11.3 Å². The third kappa shape index (κ3) is 7.75. The molecular formula is C26H30N2O2S.